The molecule has 14 heavy (non-hydrogen) atoms. The van der Waals surface area contributed by atoms with Crippen molar-refractivity contribution >= 4 is 5.69 Å². The zero-order valence-corrected chi connectivity index (χ0v) is 11.4. The van der Waals surface area contributed by atoms with Crippen LogP contribution < -0.4 is 0 Å². The smallest absolute Gasteiger partial charge is 0.170 e. The summed E-state index contributed by atoms with van der Waals surface area (Å²) in [5, 5.41) is 10.7. The molecule has 0 aliphatic carbocycles. The van der Waals surface area contributed by atoms with Crippen LogP contribution in [0.2, 0.25) is 0 Å². The second kappa shape index (κ2) is 5.57. The Morgan fingerprint density at radius 2 is 2.07 bits per heavy atom. The van der Waals surface area contributed by atoms with Gasteiger partial charge in [-0.2, -0.15) is 17.7 Å². The monoisotopic (exact) mass is 267 g/mol. The van der Waals surface area contributed by atoms with Gasteiger partial charge in [-0.25, -0.2) is 0 Å². The van der Waals surface area contributed by atoms with Gasteiger partial charge in [0.15, 0.2) is 5.69 Å². The van der Waals surface area contributed by atoms with E-state index in [9.17, 15) is 10.1 Å². The molecule has 0 unspecified atom stereocenters. The van der Waals surface area contributed by atoms with Gasteiger partial charge in [0.05, 0.1) is 0 Å². The molecule has 73 valence electrons. The van der Waals surface area contributed by atoms with Crippen molar-refractivity contribution in [2.75, 3.05) is 0 Å². The molecule has 0 aromatic heterocycles. The van der Waals surface area contributed by atoms with E-state index < -0.39 is 0 Å². The van der Waals surface area contributed by atoms with Gasteiger partial charge in [0, 0.05) is 37.6 Å². The van der Waals surface area contributed by atoms with Crippen molar-refractivity contribution in [3.8, 4) is 0 Å². The topological polar surface area (TPSA) is 43.1 Å². The van der Waals surface area contributed by atoms with Crippen molar-refractivity contribution in [1.82, 2.24) is 0 Å². The van der Waals surface area contributed by atoms with Gasteiger partial charge in [0.2, 0.25) is 0 Å². The first kappa shape index (κ1) is 13.7. The van der Waals surface area contributed by atoms with E-state index in [2.05, 4.69) is 6.07 Å². The molecule has 0 fully saturated rings. The predicted octanol–water partition coefficient (Wildman–Crippen LogP) is 2.82. The van der Waals surface area contributed by atoms with Crippen LogP contribution in [-0.2, 0) is 32.7 Å². The van der Waals surface area contributed by atoms with Gasteiger partial charge < -0.3 is 0 Å². The fraction of sp³-hybridized carbons (Fsp3) is 0.400. The maximum atomic E-state index is 10.7. The molecular formula is C10H12NO2Y-. The number of nitro benzene ring substituents is 1. The van der Waals surface area contributed by atoms with Gasteiger partial charge in [0.25, 0.3) is 0 Å². The molecule has 0 atom stereocenters. The molecule has 1 rings (SSSR count). The van der Waals surface area contributed by atoms with E-state index in [4.69, 9.17) is 0 Å². The number of nitrogens with zero attached hydrogens (tertiary/aromatic N) is 1. The van der Waals surface area contributed by atoms with Crippen molar-refractivity contribution in [2.45, 2.75) is 26.7 Å². The minimum absolute atomic E-state index is 0. The fourth-order valence-corrected chi connectivity index (χ4v) is 1.22. The number of benzene rings is 1. The van der Waals surface area contributed by atoms with Gasteiger partial charge in [-0.3, -0.25) is 10.1 Å². The van der Waals surface area contributed by atoms with Crippen LogP contribution in [0.15, 0.2) is 12.1 Å². The van der Waals surface area contributed by atoms with Gasteiger partial charge in [-0.1, -0.05) is 38.3 Å². The van der Waals surface area contributed by atoms with E-state index in [1.807, 2.05) is 13.8 Å². The number of aryl methyl sites for hydroxylation is 1. The minimum atomic E-state index is -0.337. The van der Waals surface area contributed by atoms with E-state index in [0.717, 1.165) is 11.1 Å². The van der Waals surface area contributed by atoms with E-state index in [1.54, 1.807) is 19.1 Å². The standard InChI is InChI=1S/C10H12NO2.Y/c1-7(2)9-5-4-8(3)6-10(9)11(12)13;/h5-7H,1-3H3;/q-1;. The second-order valence-corrected chi connectivity index (χ2v) is 3.37. The SMILES string of the molecule is Cc1[c-]cc(C(C)C)c([N+](=O)[O-])c1.[Y]. The minimum Gasteiger partial charge on any atom is -0.260 e. The second-order valence-electron chi connectivity index (χ2n) is 3.37. The van der Waals surface area contributed by atoms with Crippen molar-refractivity contribution in [2.24, 2.45) is 0 Å². The first-order chi connectivity index (χ1) is 6.02. The molecule has 3 nitrogen and oxygen atoms in total. The van der Waals surface area contributed by atoms with Crippen LogP contribution in [0.5, 0.6) is 0 Å². The Bertz CT molecular complexity index is 337. The zero-order valence-electron chi connectivity index (χ0n) is 8.57. The third-order valence-electron chi connectivity index (χ3n) is 1.92. The molecule has 1 aromatic carbocycles. The normalized spacial score (nSPS) is 9.71. The zero-order chi connectivity index (χ0) is 10.0. The molecule has 0 bridgehead atoms. The average molecular weight is 267 g/mol. The molecule has 0 saturated heterocycles. The van der Waals surface area contributed by atoms with E-state index >= 15 is 0 Å². The van der Waals surface area contributed by atoms with Crippen LogP contribution in [0.1, 0.15) is 30.9 Å². The van der Waals surface area contributed by atoms with Crippen LogP contribution in [0.3, 0.4) is 0 Å². The Balaban J connectivity index is 0.00000169. The van der Waals surface area contributed by atoms with Crippen molar-refractivity contribution in [1.29, 1.82) is 0 Å². The summed E-state index contributed by atoms with van der Waals surface area (Å²) in [6, 6.07) is 6.24. The number of nitro groups is 1. The maximum Gasteiger partial charge on any atom is 0.170 e. The Morgan fingerprint density at radius 1 is 1.50 bits per heavy atom. The summed E-state index contributed by atoms with van der Waals surface area (Å²) in [7, 11) is 0. The van der Waals surface area contributed by atoms with Gasteiger partial charge in [-0.05, 0) is 0 Å². The molecule has 0 aliphatic rings. The first-order valence-electron chi connectivity index (χ1n) is 4.19. The van der Waals surface area contributed by atoms with Gasteiger partial charge >= 0.3 is 0 Å². The summed E-state index contributed by atoms with van der Waals surface area (Å²) >= 11 is 0. The summed E-state index contributed by atoms with van der Waals surface area (Å²) in [5.41, 5.74) is 1.75. The maximum absolute atomic E-state index is 10.7. The summed E-state index contributed by atoms with van der Waals surface area (Å²) < 4.78 is 0. The predicted molar refractivity (Wildman–Crippen MR) is 50.8 cm³/mol. The van der Waals surface area contributed by atoms with E-state index in [0.29, 0.717) is 0 Å². The summed E-state index contributed by atoms with van der Waals surface area (Å²) in [5.74, 6) is 0.164. The summed E-state index contributed by atoms with van der Waals surface area (Å²) in [6.07, 6.45) is 0. The summed E-state index contributed by atoms with van der Waals surface area (Å²) in [6.45, 7) is 5.67. The average Bonchev–Trinajstić information content (AvgIpc) is 2.03. The van der Waals surface area contributed by atoms with Crippen LogP contribution in [-0.4, -0.2) is 4.92 Å². The largest absolute Gasteiger partial charge is 0.260 e. The number of hydrogen-bond donors (Lipinski definition) is 0. The molecule has 1 aromatic rings. The Kier molecular flexibility index (Phi) is 5.46. The molecule has 0 saturated carbocycles. The summed E-state index contributed by atoms with van der Waals surface area (Å²) in [4.78, 5) is 10.3. The Labute approximate surface area is 109 Å². The van der Waals surface area contributed by atoms with Crippen molar-refractivity contribution < 1.29 is 37.6 Å². The van der Waals surface area contributed by atoms with Crippen LogP contribution in [0, 0.1) is 23.1 Å². The molecule has 4 heteroatoms. The van der Waals surface area contributed by atoms with E-state index in [-0.39, 0.29) is 49.2 Å². The molecule has 0 N–H and O–H groups in total. The quantitative estimate of drug-likeness (QED) is 0.469. The number of hydrogen-bond acceptors (Lipinski definition) is 2. The Hall–Kier alpha value is -0.276. The van der Waals surface area contributed by atoms with Crippen LogP contribution >= 0.6 is 0 Å². The fourth-order valence-electron chi connectivity index (χ4n) is 1.22. The number of rotatable bonds is 2. The van der Waals surface area contributed by atoms with Gasteiger partial charge in [0.1, 0.15) is 0 Å². The van der Waals surface area contributed by atoms with Crippen LogP contribution in [0.4, 0.5) is 5.69 Å². The Morgan fingerprint density at radius 3 is 2.50 bits per heavy atom. The van der Waals surface area contributed by atoms with Gasteiger partial charge in [-0.15, -0.1) is 0 Å². The van der Waals surface area contributed by atoms with Crippen molar-refractivity contribution in [3.05, 3.63) is 39.4 Å². The third kappa shape index (κ3) is 3.14. The van der Waals surface area contributed by atoms with Crippen LogP contribution in [0.25, 0.3) is 0 Å². The first-order valence-corrected chi connectivity index (χ1v) is 4.19. The molecule has 0 heterocycles. The van der Waals surface area contributed by atoms with E-state index in [1.165, 1.54) is 0 Å². The molecule has 1 radical (unpaired) electrons. The third-order valence-corrected chi connectivity index (χ3v) is 1.92. The molecule has 0 spiro atoms. The molecule has 0 amide bonds. The molecular weight excluding hydrogens is 255 g/mol. The molecule has 0 aliphatic heterocycles. The van der Waals surface area contributed by atoms with Crippen molar-refractivity contribution in [3.63, 3.8) is 0 Å².